The highest BCUT2D eigenvalue weighted by atomic mass is 16.5. The van der Waals surface area contributed by atoms with E-state index in [0.29, 0.717) is 23.4 Å². The Morgan fingerprint density at radius 1 is 1.32 bits per heavy atom. The smallest absolute Gasteiger partial charge is 0.251 e. The highest BCUT2D eigenvalue weighted by Gasteiger charge is 2.12. The van der Waals surface area contributed by atoms with Gasteiger partial charge >= 0.3 is 0 Å². The Hall–Kier alpha value is -2.89. The van der Waals surface area contributed by atoms with Gasteiger partial charge in [-0.1, -0.05) is 0 Å². The predicted octanol–water partition coefficient (Wildman–Crippen LogP) is 0.388. The van der Waals surface area contributed by atoms with E-state index < -0.39 is 0 Å². The summed E-state index contributed by atoms with van der Waals surface area (Å²) >= 11 is 0. The number of nitrogens with one attached hydrogen (secondary N) is 1. The van der Waals surface area contributed by atoms with Crippen LogP contribution in [0.2, 0.25) is 0 Å². The van der Waals surface area contributed by atoms with Crippen LogP contribution in [-0.2, 0) is 4.74 Å². The van der Waals surface area contributed by atoms with Gasteiger partial charge in [-0.15, -0.1) is 0 Å². The van der Waals surface area contributed by atoms with E-state index in [1.807, 2.05) is 6.07 Å². The van der Waals surface area contributed by atoms with Crippen LogP contribution in [0.3, 0.4) is 0 Å². The number of carbonyl (C=O) groups excluding carboxylic acids is 1. The summed E-state index contributed by atoms with van der Waals surface area (Å²) in [4.78, 5) is 14.5. The van der Waals surface area contributed by atoms with Gasteiger partial charge in [0, 0.05) is 31.7 Å². The minimum atomic E-state index is -0.119. The van der Waals surface area contributed by atoms with Crippen LogP contribution in [0, 0.1) is 11.3 Å². The number of hydrogen-bond donors (Lipinski definition) is 2. The Kier molecular flexibility index (Phi) is 5.28. The first kappa shape index (κ1) is 17.0. The number of carbonyl (C=O) groups is 1. The Balaban J connectivity index is 1.57. The number of amides is 1. The van der Waals surface area contributed by atoms with E-state index in [-0.39, 0.29) is 11.7 Å². The Morgan fingerprint density at radius 3 is 2.68 bits per heavy atom. The van der Waals surface area contributed by atoms with Crippen molar-refractivity contribution in [2.45, 2.75) is 0 Å². The molecule has 0 unspecified atom stereocenters. The van der Waals surface area contributed by atoms with Gasteiger partial charge < -0.3 is 15.8 Å². The molecule has 1 amide bonds. The van der Waals surface area contributed by atoms with Crippen molar-refractivity contribution in [1.29, 1.82) is 5.26 Å². The summed E-state index contributed by atoms with van der Waals surface area (Å²) in [5, 5.41) is 15.9. The van der Waals surface area contributed by atoms with Crippen molar-refractivity contribution in [3.8, 4) is 11.8 Å². The fourth-order valence-electron chi connectivity index (χ4n) is 2.66. The SMILES string of the molecule is N#Cc1cnn(-c2ccc(C(=O)NCCN3CCOCC3)cc2)c1N. The summed E-state index contributed by atoms with van der Waals surface area (Å²) in [5.41, 5.74) is 7.45. The number of nitrogen functional groups attached to an aromatic ring is 1. The lowest BCUT2D eigenvalue weighted by atomic mass is 10.2. The van der Waals surface area contributed by atoms with Gasteiger partial charge in [0.2, 0.25) is 0 Å². The molecule has 0 spiro atoms. The maximum atomic E-state index is 12.2. The average molecular weight is 340 g/mol. The molecule has 1 aromatic heterocycles. The van der Waals surface area contributed by atoms with Crippen molar-refractivity contribution in [2.24, 2.45) is 0 Å². The van der Waals surface area contributed by atoms with Gasteiger partial charge in [0.05, 0.1) is 25.1 Å². The van der Waals surface area contributed by atoms with Crippen LogP contribution in [0.5, 0.6) is 0 Å². The molecule has 8 nitrogen and oxygen atoms in total. The Morgan fingerprint density at radius 2 is 2.04 bits per heavy atom. The van der Waals surface area contributed by atoms with Crippen LogP contribution in [-0.4, -0.2) is 60.0 Å². The summed E-state index contributed by atoms with van der Waals surface area (Å²) in [6.45, 7) is 4.71. The predicted molar refractivity (Wildman–Crippen MR) is 92.3 cm³/mol. The second kappa shape index (κ2) is 7.79. The summed E-state index contributed by atoms with van der Waals surface area (Å²) in [6.07, 6.45) is 1.42. The van der Waals surface area contributed by atoms with Gasteiger partial charge in [-0.25, -0.2) is 4.68 Å². The number of anilines is 1. The third-order valence-corrected chi connectivity index (χ3v) is 4.12. The molecule has 1 fully saturated rings. The first-order valence-electron chi connectivity index (χ1n) is 8.11. The summed E-state index contributed by atoms with van der Waals surface area (Å²) in [5.74, 6) is 0.163. The molecule has 2 aromatic rings. The fraction of sp³-hybridized carbons (Fsp3) is 0.353. The third kappa shape index (κ3) is 3.96. The molecule has 3 N–H and O–H groups in total. The van der Waals surface area contributed by atoms with Crippen molar-refractivity contribution in [1.82, 2.24) is 20.0 Å². The highest BCUT2D eigenvalue weighted by molar-refractivity contribution is 5.94. The lowest BCUT2D eigenvalue weighted by Crippen LogP contribution is -2.41. The quantitative estimate of drug-likeness (QED) is 0.815. The molecule has 8 heteroatoms. The average Bonchev–Trinajstić information content (AvgIpc) is 3.03. The largest absolute Gasteiger partial charge is 0.382 e. The second-order valence-corrected chi connectivity index (χ2v) is 5.72. The van der Waals surface area contributed by atoms with Crippen molar-refractivity contribution in [3.05, 3.63) is 41.6 Å². The van der Waals surface area contributed by atoms with Crippen molar-refractivity contribution < 1.29 is 9.53 Å². The van der Waals surface area contributed by atoms with Crippen LogP contribution in [0.15, 0.2) is 30.5 Å². The van der Waals surface area contributed by atoms with E-state index in [9.17, 15) is 4.79 Å². The van der Waals surface area contributed by atoms with E-state index >= 15 is 0 Å². The number of rotatable bonds is 5. The zero-order valence-electron chi connectivity index (χ0n) is 13.8. The summed E-state index contributed by atoms with van der Waals surface area (Å²) < 4.78 is 6.77. The van der Waals surface area contributed by atoms with Gasteiger partial charge in [0.25, 0.3) is 5.91 Å². The fourth-order valence-corrected chi connectivity index (χ4v) is 2.66. The normalized spacial score (nSPS) is 14.8. The molecule has 3 rings (SSSR count). The standard InChI is InChI=1S/C17H20N6O2/c18-11-14-12-21-23(16(14)19)15-3-1-13(2-4-15)17(24)20-5-6-22-7-9-25-10-8-22/h1-4,12H,5-10,19H2,(H,20,24). The molecule has 1 aliphatic rings. The van der Waals surface area contributed by atoms with Crippen molar-refractivity contribution >= 4 is 11.7 Å². The monoisotopic (exact) mass is 340 g/mol. The van der Waals surface area contributed by atoms with Crippen LogP contribution in [0.25, 0.3) is 5.69 Å². The topological polar surface area (TPSA) is 109 Å². The van der Waals surface area contributed by atoms with Gasteiger partial charge in [-0.05, 0) is 24.3 Å². The molecule has 0 bridgehead atoms. The molecule has 0 radical (unpaired) electrons. The highest BCUT2D eigenvalue weighted by Crippen LogP contribution is 2.16. The summed E-state index contributed by atoms with van der Waals surface area (Å²) in [6, 6.07) is 8.91. The number of morpholine rings is 1. The molecule has 130 valence electrons. The minimum Gasteiger partial charge on any atom is -0.382 e. The Bertz CT molecular complexity index is 771. The zero-order valence-corrected chi connectivity index (χ0v) is 13.8. The molecule has 0 aliphatic carbocycles. The maximum absolute atomic E-state index is 12.2. The van der Waals surface area contributed by atoms with E-state index in [4.69, 9.17) is 15.7 Å². The third-order valence-electron chi connectivity index (χ3n) is 4.12. The molecule has 1 aliphatic heterocycles. The lowest BCUT2D eigenvalue weighted by Gasteiger charge is -2.26. The van der Waals surface area contributed by atoms with Gasteiger partial charge in [0.15, 0.2) is 0 Å². The molecule has 0 saturated carbocycles. The van der Waals surface area contributed by atoms with E-state index in [0.717, 1.165) is 32.8 Å². The zero-order chi connectivity index (χ0) is 17.6. The molecular formula is C17H20N6O2. The number of ether oxygens (including phenoxy) is 1. The number of nitrogens with zero attached hydrogens (tertiary/aromatic N) is 4. The molecule has 25 heavy (non-hydrogen) atoms. The number of benzene rings is 1. The van der Waals surface area contributed by atoms with Crippen LogP contribution >= 0.6 is 0 Å². The van der Waals surface area contributed by atoms with Crippen LogP contribution < -0.4 is 11.1 Å². The first-order valence-corrected chi connectivity index (χ1v) is 8.11. The molecular weight excluding hydrogens is 320 g/mol. The van der Waals surface area contributed by atoms with E-state index in [1.54, 1.807) is 24.3 Å². The first-order chi connectivity index (χ1) is 12.2. The van der Waals surface area contributed by atoms with E-state index in [2.05, 4.69) is 15.3 Å². The van der Waals surface area contributed by atoms with E-state index in [1.165, 1.54) is 10.9 Å². The lowest BCUT2D eigenvalue weighted by molar-refractivity contribution is 0.0383. The van der Waals surface area contributed by atoms with Crippen LogP contribution in [0.1, 0.15) is 15.9 Å². The van der Waals surface area contributed by atoms with Gasteiger partial charge in [-0.3, -0.25) is 9.69 Å². The number of nitrogens with two attached hydrogens (primary N) is 1. The van der Waals surface area contributed by atoms with Gasteiger partial charge in [0.1, 0.15) is 17.5 Å². The molecule has 1 aromatic carbocycles. The molecule has 0 atom stereocenters. The number of aromatic nitrogens is 2. The van der Waals surface area contributed by atoms with Gasteiger partial charge in [-0.2, -0.15) is 10.4 Å². The van der Waals surface area contributed by atoms with Crippen LogP contribution in [0.4, 0.5) is 5.82 Å². The number of nitriles is 1. The number of hydrogen-bond acceptors (Lipinski definition) is 6. The molecule has 2 heterocycles. The minimum absolute atomic E-state index is 0.119. The maximum Gasteiger partial charge on any atom is 0.251 e. The second-order valence-electron chi connectivity index (χ2n) is 5.72. The summed E-state index contributed by atoms with van der Waals surface area (Å²) in [7, 11) is 0. The molecule has 1 saturated heterocycles. The van der Waals surface area contributed by atoms with Crippen molar-refractivity contribution in [3.63, 3.8) is 0 Å². The van der Waals surface area contributed by atoms with Crippen molar-refractivity contribution in [2.75, 3.05) is 45.1 Å². The Labute approximate surface area is 145 Å².